The summed E-state index contributed by atoms with van der Waals surface area (Å²) in [6.45, 7) is 0. The number of hydrogen-bond donors (Lipinski definition) is 2. The lowest BCUT2D eigenvalue weighted by molar-refractivity contribution is -0.118. The average molecular weight is 570 g/mol. The van der Waals surface area contributed by atoms with Crippen molar-refractivity contribution in [3.05, 3.63) is 79.4 Å². The van der Waals surface area contributed by atoms with Gasteiger partial charge in [-0.15, -0.1) is 11.3 Å². The van der Waals surface area contributed by atoms with Crippen molar-refractivity contribution in [1.29, 1.82) is 0 Å². The molecule has 0 fully saturated rings. The molecule has 0 bridgehead atoms. The molecule has 1 aliphatic rings. The van der Waals surface area contributed by atoms with Crippen LogP contribution in [0.25, 0.3) is 15.9 Å². The van der Waals surface area contributed by atoms with E-state index < -0.39 is 0 Å². The second kappa shape index (κ2) is 10.3. The number of phenolic OH excluding ortho intramolecular Hbond substituents is 1. The van der Waals surface area contributed by atoms with Crippen LogP contribution in [-0.4, -0.2) is 32.5 Å². The Kier molecular flexibility index (Phi) is 7.03. The largest absolute Gasteiger partial charge is 0.508 e. The summed E-state index contributed by atoms with van der Waals surface area (Å²) in [7, 11) is 0. The minimum Gasteiger partial charge on any atom is -0.508 e. The van der Waals surface area contributed by atoms with Gasteiger partial charge in [-0.1, -0.05) is 27.7 Å². The van der Waals surface area contributed by atoms with E-state index in [9.17, 15) is 14.7 Å². The molecular formula is C25H21BrN4O3S2. The van der Waals surface area contributed by atoms with E-state index in [1.165, 1.54) is 22.9 Å². The highest BCUT2D eigenvalue weighted by Gasteiger charge is 2.23. The number of carbonyl (C=O) groups excluding carboxylic acids is 1. The van der Waals surface area contributed by atoms with Gasteiger partial charge in [0.25, 0.3) is 11.5 Å². The maximum atomic E-state index is 13.7. The predicted octanol–water partition coefficient (Wildman–Crippen LogP) is 5.04. The number of nitrogens with one attached hydrogen (secondary N) is 1. The molecule has 5 rings (SSSR count). The van der Waals surface area contributed by atoms with E-state index in [0.717, 1.165) is 46.1 Å². The van der Waals surface area contributed by atoms with E-state index >= 15 is 0 Å². The molecule has 4 aromatic rings. The maximum Gasteiger partial charge on any atom is 0.267 e. The number of nitrogens with zero attached hydrogens (tertiary/aromatic N) is 3. The van der Waals surface area contributed by atoms with E-state index in [1.54, 1.807) is 40.2 Å². The number of fused-ring (bicyclic) bond motifs is 3. The fraction of sp³-hybridized carbons (Fsp3) is 0.200. The van der Waals surface area contributed by atoms with Crippen LogP contribution in [0.5, 0.6) is 5.75 Å². The summed E-state index contributed by atoms with van der Waals surface area (Å²) in [6.07, 6.45) is 5.60. The summed E-state index contributed by atoms with van der Waals surface area (Å²) in [4.78, 5) is 33.0. The minimum absolute atomic E-state index is 0.0481. The maximum absolute atomic E-state index is 13.7. The topological polar surface area (TPSA) is 96.6 Å². The first-order valence-corrected chi connectivity index (χ1v) is 13.7. The Morgan fingerprint density at radius 2 is 1.91 bits per heavy atom. The first-order valence-electron chi connectivity index (χ1n) is 11.1. The third kappa shape index (κ3) is 5.19. The zero-order valence-electron chi connectivity index (χ0n) is 18.5. The van der Waals surface area contributed by atoms with Gasteiger partial charge in [-0.2, -0.15) is 5.10 Å². The minimum atomic E-state index is -0.313. The van der Waals surface area contributed by atoms with Gasteiger partial charge < -0.3 is 5.11 Å². The van der Waals surface area contributed by atoms with Crippen molar-refractivity contribution in [1.82, 2.24) is 15.0 Å². The highest BCUT2D eigenvalue weighted by Crippen LogP contribution is 2.35. The van der Waals surface area contributed by atoms with Crippen molar-refractivity contribution < 1.29 is 9.90 Å². The van der Waals surface area contributed by atoms with Gasteiger partial charge in [-0.3, -0.25) is 14.2 Å². The Labute approximate surface area is 218 Å². The number of aromatic nitrogens is 2. The summed E-state index contributed by atoms with van der Waals surface area (Å²) in [6, 6.07) is 14.0. The van der Waals surface area contributed by atoms with Crippen molar-refractivity contribution in [2.45, 2.75) is 30.8 Å². The molecule has 0 spiro atoms. The van der Waals surface area contributed by atoms with Crippen LogP contribution in [0, 0.1) is 0 Å². The molecule has 0 atom stereocenters. The molecular weight excluding hydrogens is 548 g/mol. The Hall–Kier alpha value is -2.95. The van der Waals surface area contributed by atoms with Crippen molar-refractivity contribution >= 4 is 61.4 Å². The first kappa shape index (κ1) is 23.8. The number of thioether (sulfide) groups is 1. The summed E-state index contributed by atoms with van der Waals surface area (Å²) < 4.78 is 2.52. The van der Waals surface area contributed by atoms with Gasteiger partial charge in [-0.25, -0.2) is 10.4 Å². The Bertz CT molecular complexity index is 1480. The molecule has 0 saturated carbocycles. The van der Waals surface area contributed by atoms with Crippen LogP contribution in [0.3, 0.4) is 0 Å². The number of benzene rings is 2. The summed E-state index contributed by atoms with van der Waals surface area (Å²) >= 11 is 6.25. The van der Waals surface area contributed by atoms with Gasteiger partial charge in [-0.05, 0) is 85.3 Å². The standard InChI is InChI=1S/C25H21BrN4O3S2/c26-16-7-9-17(10-8-16)30-24(33)22-19-3-1-2-4-20(19)35-23(22)28-25(30)34-14-21(32)29-27-13-15-5-11-18(31)12-6-15/h5-13,31H,1-4,14H2,(H,29,32)/b27-13+. The first-order chi connectivity index (χ1) is 17.0. The molecule has 2 heterocycles. The van der Waals surface area contributed by atoms with Gasteiger partial charge in [0.15, 0.2) is 5.16 Å². The number of rotatable bonds is 6. The Morgan fingerprint density at radius 1 is 1.17 bits per heavy atom. The predicted molar refractivity (Wildman–Crippen MR) is 144 cm³/mol. The van der Waals surface area contributed by atoms with Crippen LogP contribution in [0.1, 0.15) is 28.8 Å². The molecule has 2 aromatic heterocycles. The van der Waals surface area contributed by atoms with Gasteiger partial charge in [0.2, 0.25) is 0 Å². The fourth-order valence-corrected chi connectivity index (χ4v) is 6.37. The number of aryl methyl sites for hydroxylation is 2. The number of amides is 1. The lowest BCUT2D eigenvalue weighted by Crippen LogP contribution is -2.24. The molecule has 178 valence electrons. The van der Waals surface area contributed by atoms with Gasteiger partial charge in [0, 0.05) is 9.35 Å². The normalized spacial score (nSPS) is 13.3. The average Bonchev–Trinajstić information content (AvgIpc) is 3.23. The van der Waals surface area contributed by atoms with Crippen LogP contribution >= 0.6 is 39.0 Å². The van der Waals surface area contributed by atoms with Crippen LogP contribution in [0.2, 0.25) is 0 Å². The number of hydrazone groups is 1. The van der Waals surface area contributed by atoms with E-state index in [2.05, 4.69) is 26.5 Å². The van der Waals surface area contributed by atoms with Gasteiger partial charge >= 0.3 is 0 Å². The molecule has 7 nitrogen and oxygen atoms in total. The number of halogens is 1. The van der Waals surface area contributed by atoms with Crippen molar-refractivity contribution in [2.75, 3.05) is 5.75 Å². The van der Waals surface area contributed by atoms with E-state index in [-0.39, 0.29) is 23.0 Å². The molecule has 1 aliphatic carbocycles. The Balaban J connectivity index is 1.42. The van der Waals surface area contributed by atoms with E-state index in [0.29, 0.717) is 16.2 Å². The second-order valence-electron chi connectivity index (χ2n) is 8.08. The zero-order chi connectivity index (χ0) is 24.4. The van der Waals surface area contributed by atoms with Crippen LogP contribution in [0.4, 0.5) is 0 Å². The van der Waals surface area contributed by atoms with E-state index in [4.69, 9.17) is 4.98 Å². The quantitative estimate of drug-likeness (QED) is 0.147. The van der Waals surface area contributed by atoms with Crippen LogP contribution in [-0.2, 0) is 17.6 Å². The number of phenols is 1. The summed E-state index contributed by atoms with van der Waals surface area (Å²) in [5.41, 5.74) is 5.00. The smallest absolute Gasteiger partial charge is 0.267 e. The summed E-state index contributed by atoms with van der Waals surface area (Å²) in [5.74, 6) is -0.102. The lowest BCUT2D eigenvalue weighted by Gasteiger charge is -2.13. The summed E-state index contributed by atoms with van der Waals surface area (Å²) in [5, 5.41) is 14.5. The molecule has 2 aromatic carbocycles. The molecule has 0 unspecified atom stereocenters. The number of aromatic hydroxyl groups is 1. The number of thiophene rings is 1. The molecule has 2 N–H and O–H groups in total. The SMILES string of the molecule is O=C(CSc1nc2sc3c(c2c(=O)n1-c1ccc(Br)cc1)CCCC3)N/N=C/c1ccc(O)cc1. The number of hydrogen-bond acceptors (Lipinski definition) is 7. The van der Waals surface area contributed by atoms with Gasteiger partial charge in [0.1, 0.15) is 10.6 Å². The Morgan fingerprint density at radius 3 is 2.69 bits per heavy atom. The van der Waals surface area contributed by atoms with Crippen LogP contribution < -0.4 is 11.0 Å². The third-order valence-corrected chi connectivity index (χ3v) is 8.32. The lowest BCUT2D eigenvalue weighted by atomic mass is 9.97. The highest BCUT2D eigenvalue weighted by molar-refractivity contribution is 9.10. The molecule has 10 heteroatoms. The molecule has 1 amide bonds. The van der Waals surface area contributed by atoms with Crippen LogP contribution in [0.15, 0.2) is 68.1 Å². The number of carbonyl (C=O) groups is 1. The van der Waals surface area contributed by atoms with Crippen molar-refractivity contribution in [2.24, 2.45) is 5.10 Å². The molecule has 0 saturated heterocycles. The second-order valence-corrected chi connectivity index (χ2v) is 11.0. The highest BCUT2D eigenvalue weighted by atomic mass is 79.9. The van der Waals surface area contributed by atoms with Gasteiger partial charge in [0.05, 0.1) is 23.0 Å². The van der Waals surface area contributed by atoms with E-state index in [1.807, 2.05) is 24.3 Å². The van der Waals surface area contributed by atoms with Crippen molar-refractivity contribution in [3.63, 3.8) is 0 Å². The van der Waals surface area contributed by atoms with Crippen molar-refractivity contribution in [3.8, 4) is 11.4 Å². The zero-order valence-corrected chi connectivity index (χ0v) is 21.8. The molecule has 0 radical (unpaired) electrons. The third-order valence-electron chi connectivity index (χ3n) is 5.67. The molecule has 35 heavy (non-hydrogen) atoms. The molecule has 0 aliphatic heterocycles. The monoisotopic (exact) mass is 568 g/mol. The fourth-order valence-electron chi connectivity index (χ4n) is 4.00.